The Hall–Kier alpha value is -4.69. The van der Waals surface area contributed by atoms with E-state index in [1.807, 2.05) is 81.6 Å². The van der Waals surface area contributed by atoms with Crippen molar-refractivity contribution < 1.29 is 4.79 Å². The van der Waals surface area contributed by atoms with Crippen LogP contribution in [-0.2, 0) is 15.6 Å². The van der Waals surface area contributed by atoms with Crippen molar-refractivity contribution in [2.75, 3.05) is 24.3 Å². The number of benzene rings is 3. The largest absolute Gasteiger partial charge is 0.388 e. The lowest BCUT2D eigenvalue weighted by atomic mass is 9.79. The van der Waals surface area contributed by atoms with E-state index >= 15 is 0 Å². The minimum absolute atomic E-state index is 0.0523. The minimum atomic E-state index is -0.702. The van der Waals surface area contributed by atoms with Gasteiger partial charge >= 0.3 is 0 Å². The van der Waals surface area contributed by atoms with Gasteiger partial charge in [0.05, 0.1) is 11.1 Å². The number of nitrogens with one attached hydrogen (secondary N) is 1. The van der Waals surface area contributed by atoms with Crippen LogP contribution in [0.15, 0.2) is 130 Å². The summed E-state index contributed by atoms with van der Waals surface area (Å²) in [6, 6.07) is 26.6. The second kappa shape index (κ2) is 13.2. The van der Waals surface area contributed by atoms with Gasteiger partial charge in [-0.15, -0.1) is 5.10 Å². The molecule has 0 bridgehead atoms. The predicted molar refractivity (Wildman–Crippen MR) is 193 cm³/mol. The Bertz CT molecular complexity index is 1910. The number of allylic oxidation sites excluding steroid dienone is 7. The van der Waals surface area contributed by atoms with E-state index < -0.39 is 5.41 Å². The van der Waals surface area contributed by atoms with Crippen LogP contribution in [-0.4, -0.2) is 40.1 Å². The van der Waals surface area contributed by atoms with Crippen LogP contribution in [0.3, 0.4) is 0 Å². The summed E-state index contributed by atoms with van der Waals surface area (Å²) >= 11 is 1.56. The normalized spacial score (nSPS) is 18.0. The summed E-state index contributed by atoms with van der Waals surface area (Å²) in [5.41, 5.74) is 8.13. The Morgan fingerprint density at radius 3 is 2.45 bits per heavy atom. The van der Waals surface area contributed by atoms with Crippen LogP contribution >= 0.6 is 11.8 Å². The van der Waals surface area contributed by atoms with E-state index in [4.69, 9.17) is 0 Å². The molecule has 1 aromatic heterocycles. The van der Waals surface area contributed by atoms with Gasteiger partial charge in [-0.05, 0) is 114 Å². The van der Waals surface area contributed by atoms with Crippen molar-refractivity contribution in [2.45, 2.75) is 62.9 Å². The lowest BCUT2D eigenvalue weighted by Gasteiger charge is -2.26. The molecule has 0 unspecified atom stereocenters. The van der Waals surface area contributed by atoms with E-state index in [1.165, 1.54) is 22.5 Å². The molecule has 3 aromatic carbocycles. The van der Waals surface area contributed by atoms with Gasteiger partial charge < -0.3 is 10.2 Å². The number of hydrogen-bond donors (Lipinski definition) is 1. The third kappa shape index (κ3) is 6.22. The van der Waals surface area contributed by atoms with Crippen molar-refractivity contribution in [1.29, 1.82) is 0 Å². The molecule has 6 rings (SSSR count). The molecule has 7 nitrogen and oxygen atoms in total. The third-order valence-electron chi connectivity index (χ3n) is 9.42. The number of ketones is 1. The van der Waals surface area contributed by atoms with Gasteiger partial charge in [-0.3, -0.25) is 4.79 Å². The summed E-state index contributed by atoms with van der Waals surface area (Å²) in [7, 11) is 4.03. The van der Waals surface area contributed by atoms with Crippen LogP contribution < -0.4 is 10.2 Å². The van der Waals surface area contributed by atoms with Gasteiger partial charge in [0.15, 0.2) is 5.78 Å². The molecule has 240 valence electrons. The van der Waals surface area contributed by atoms with E-state index in [0.717, 1.165) is 46.7 Å². The number of rotatable bonds is 9. The van der Waals surface area contributed by atoms with Gasteiger partial charge in [-0.1, -0.05) is 80.6 Å². The molecule has 0 fully saturated rings. The number of hydrogen-bond acceptors (Lipinski definition) is 7. The fourth-order valence-corrected chi connectivity index (χ4v) is 7.75. The summed E-state index contributed by atoms with van der Waals surface area (Å²) < 4.78 is 1.77. The standard InChI is InChI=1S/C39H42N6OS/c1-38(2)31-20-11-13-22-33(31)44(6)34(38)25-23-27-15-14-16-28(24-26-35(46)39(3,4)30-19-10-12-21-32(30)40-5)36(27)47-37-41-42-43-45(37)29-17-8-7-9-18-29/h7-13,17-26,40H,14-16H2,1-6H3/b26-24+,27-23+,34-25+. The number of nitrogens with zero attached hydrogens (tertiary/aromatic N) is 5. The number of carbonyl (C=O) groups is 1. The van der Waals surface area contributed by atoms with Crippen molar-refractivity contribution in [2.24, 2.45) is 0 Å². The number of para-hydroxylation sites is 3. The molecule has 0 amide bonds. The molecule has 0 saturated carbocycles. The van der Waals surface area contributed by atoms with E-state index in [1.54, 1.807) is 22.5 Å². The zero-order chi connectivity index (χ0) is 33.2. The lowest BCUT2D eigenvalue weighted by molar-refractivity contribution is -0.118. The molecular formula is C39H42N6OS. The molecule has 1 aliphatic heterocycles. The van der Waals surface area contributed by atoms with Crippen LogP contribution in [0, 0.1) is 0 Å². The topological polar surface area (TPSA) is 75.9 Å². The zero-order valence-electron chi connectivity index (χ0n) is 28.0. The van der Waals surface area contributed by atoms with Crippen LogP contribution in [0.5, 0.6) is 0 Å². The molecule has 1 aliphatic carbocycles. The maximum Gasteiger partial charge on any atom is 0.218 e. The average Bonchev–Trinajstić information content (AvgIpc) is 3.63. The van der Waals surface area contributed by atoms with E-state index in [-0.39, 0.29) is 11.2 Å². The Labute approximate surface area is 282 Å². The SMILES string of the molecule is CNc1ccccc1C(C)(C)C(=O)/C=C/C1=C(Sc2nnnn2-c2ccccc2)C(=C/C=C2/N(C)c3ccccc3C2(C)C)/CCC1. The maximum absolute atomic E-state index is 13.8. The maximum atomic E-state index is 13.8. The first-order valence-electron chi connectivity index (χ1n) is 16.1. The zero-order valence-corrected chi connectivity index (χ0v) is 28.8. The number of carbonyl (C=O) groups excluding carboxylic acids is 1. The van der Waals surface area contributed by atoms with Crippen molar-refractivity contribution in [3.8, 4) is 5.69 Å². The average molecular weight is 643 g/mol. The highest BCUT2D eigenvalue weighted by molar-refractivity contribution is 8.03. The highest BCUT2D eigenvalue weighted by atomic mass is 32.2. The molecule has 2 heterocycles. The van der Waals surface area contributed by atoms with Crippen molar-refractivity contribution in [3.63, 3.8) is 0 Å². The highest BCUT2D eigenvalue weighted by Gasteiger charge is 2.38. The molecule has 8 heteroatoms. The number of thioether (sulfide) groups is 1. The van der Waals surface area contributed by atoms with Gasteiger partial charge in [0.2, 0.25) is 5.16 Å². The Morgan fingerprint density at radius 1 is 0.957 bits per heavy atom. The first kappa shape index (κ1) is 32.3. The summed E-state index contributed by atoms with van der Waals surface area (Å²) in [5, 5.41) is 16.7. The fraction of sp³-hybridized carbons (Fsp3) is 0.282. The summed E-state index contributed by atoms with van der Waals surface area (Å²) in [6.45, 7) is 8.55. The van der Waals surface area contributed by atoms with Gasteiger partial charge in [0.1, 0.15) is 0 Å². The predicted octanol–water partition coefficient (Wildman–Crippen LogP) is 8.58. The second-order valence-corrected chi connectivity index (χ2v) is 14.1. The molecule has 1 N–H and O–H groups in total. The molecular weight excluding hydrogens is 601 g/mol. The summed E-state index contributed by atoms with van der Waals surface area (Å²) in [5.74, 6) is 0.0523. The van der Waals surface area contributed by atoms with Crippen LogP contribution in [0.1, 0.15) is 58.1 Å². The highest BCUT2D eigenvalue weighted by Crippen LogP contribution is 2.47. The number of aromatic nitrogens is 4. The molecule has 0 atom stereocenters. The quantitative estimate of drug-likeness (QED) is 0.183. The molecule has 47 heavy (non-hydrogen) atoms. The van der Waals surface area contributed by atoms with Crippen LogP contribution in [0.25, 0.3) is 5.69 Å². The van der Waals surface area contributed by atoms with Crippen molar-refractivity contribution >= 4 is 28.9 Å². The van der Waals surface area contributed by atoms with E-state index in [2.05, 4.69) is 83.1 Å². The van der Waals surface area contributed by atoms with Gasteiger partial charge in [0, 0.05) is 41.5 Å². The third-order valence-corrected chi connectivity index (χ3v) is 10.6. The number of anilines is 2. The van der Waals surface area contributed by atoms with Gasteiger partial charge in [-0.25, -0.2) is 0 Å². The molecule has 0 radical (unpaired) electrons. The molecule has 2 aliphatic rings. The van der Waals surface area contributed by atoms with Gasteiger partial charge in [0.25, 0.3) is 0 Å². The first-order valence-corrected chi connectivity index (χ1v) is 16.9. The smallest absolute Gasteiger partial charge is 0.218 e. The fourth-order valence-electron chi connectivity index (χ4n) is 6.66. The number of fused-ring (bicyclic) bond motifs is 1. The first-order chi connectivity index (χ1) is 22.6. The minimum Gasteiger partial charge on any atom is -0.388 e. The molecule has 4 aromatic rings. The van der Waals surface area contributed by atoms with Crippen LogP contribution in [0.2, 0.25) is 0 Å². The Kier molecular flexibility index (Phi) is 9.06. The molecule has 0 saturated heterocycles. The molecule has 0 spiro atoms. The van der Waals surface area contributed by atoms with Crippen LogP contribution in [0.4, 0.5) is 11.4 Å². The van der Waals surface area contributed by atoms with Crippen molar-refractivity contribution in [3.05, 3.63) is 136 Å². The number of tetrazole rings is 1. The van der Waals surface area contributed by atoms with Gasteiger partial charge in [-0.2, -0.15) is 4.68 Å². The summed E-state index contributed by atoms with van der Waals surface area (Å²) in [4.78, 5) is 17.2. The monoisotopic (exact) mass is 642 g/mol. The van der Waals surface area contributed by atoms with E-state index in [0.29, 0.717) is 5.16 Å². The Morgan fingerprint density at radius 2 is 1.68 bits per heavy atom. The Balaban J connectivity index is 1.41. The lowest BCUT2D eigenvalue weighted by Crippen LogP contribution is -2.28. The summed E-state index contributed by atoms with van der Waals surface area (Å²) in [6.07, 6.45) is 11.1. The number of likely N-dealkylation sites (N-methyl/N-ethyl adjacent to an activating group) is 1. The van der Waals surface area contributed by atoms with E-state index in [9.17, 15) is 4.79 Å². The second-order valence-electron chi connectivity index (χ2n) is 13.1. The van der Waals surface area contributed by atoms with Crippen molar-refractivity contribution in [1.82, 2.24) is 20.2 Å².